The SMILES string of the molecule is Cc1ccc([C@H]2CNC(=O)[C@@H]2C(=O)Nc2ccccc2F)s1. The number of carbonyl (C=O) groups is 2. The third-order valence-electron chi connectivity index (χ3n) is 3.72. The van der Waals surface area contributed by atoms with Crippen LogP contribution in [0.15, 0.2) is 36.4 Å². The Morgan fingerprint density at radius 1 is 1.32 bits per heavy atom. The molecule has 2 amide bonds. The van der Waals surface area contributed by atoms with E-state index in [9.17, 15) is 14.0 Å². The number of carbonyl (C=O) groups excluding carboxylic acids is 2. The van der Waals surface area contributed by atoms with Gasteiger partial charge in [-0.25, -0.2) is 4.39 Å². The summed E-state index contributed by atoms with van der Waals surface area (Å²) in [6, 6.07) is 9.83. The lowest BCUT2D eigenvalue weighted by Gasteiger charge is -2.15. The zero-order valence-electron chi connectivity index (χ0n) is 11.9. The van der Waals surface area contributed by atoms with E-state index in [0.717, 1.165) is 9.75 Å². The van der Waals surface area contributed by atoms with Gasteiger partial charge in [0, 0.05) is 22.2 Å². The molecular formula is C16H15FN2O2S. The Kier molecular flexibility index (Phi) is 3.94. The van der Waals surface area contributed by atoms with Crippen LogP contribution in [-0.4, -0.2) is 18.4 Å². The van der Waals surface area contributed by atoms with Crippen LogP contribution >= 0.6 is 11.3 Å². The van der Waals surface area contributed by atoms with E-state index >= 15 is 0 Å². The molecule has 1 aromatic carbocycles. The van der Waals surface area contributed by atoms with Crippen molar-refractivity contribution in [1.82, 2.24) is 5.32 Å². The van der Waals surface area contributed by atoms with E-state index < -0.39 is 17.6 Å². The van der Waals surface area contributed by atoms with Gasteiger partial charge in [-0.15, -0.1) is 11.3 Å². The van der Waals surface area contributed by atoms with Crippen LogP contribution in [0.3, 0.4) is 0 Å². The third-order valence-corrected chi connectivity index (χ3v) is 4.85. The van der Waals surface area contributed by atoms with Crippen LogP contribution < -0.4 is 10.6 Å². The van der Waals surface area contributed by atoms with E-state index in [1.54, 1.807) is 23.5 Å². The highest BCUT2D eigenvalue weighted by atomic mass is 32.1. The van der Waals surface area contributed by atoms with Crippen molar-refractivity contribution >= 4 is 28.8 Å². The number of thiophene rings is 1. The summed E-state index contributed by atoms with van der Waals surface area (Å²) < 4.78 is 13.6. The number of amides is 2. The van der Waals surface area contributed by atoms with Crippen molar-refractivity contribution < 1.29 is 14.0 Å². The van der Waals surface area contributed by atoms with E-state index in [1.807, 2.05) is 19.1 Å². The van der Waals surface area contributed by atoms with E-state index in [0.29, 0.717) is 6.54 Å². The third kappa shape index (κ3) is 2.74. The fraction of sp³-hybridized carbons (Fsp3) is 0.250. The first-order valence-corrected chi connectivity index (χ1v) is 7.77. The quantitative estimate of drug-likeness (QED) is 0.855. The highest BCUT2D eigenvalue weighted by Crippen LogP contribution is 2.34. The second-order valence-corrected chi connectivity index (χ2v) is 6.57. The van der Waals surface area contributed by atoms with Crippen molar-refractivity contribution in [2.24, 2.45) is 5.92 Å². The lowest BCUT2D eigenvalue weighted by Crippen LogP contribution is -2.32. The number of nitrogens with one attached hydrogen (secondary N) is 2. The average molecular weight is 318 g/mol. The van der Waals surface area contributed by atoms with Crippen LogP contribution in [0.25, 0.3) is 0 Å². The molecule has 2 aromatic rings. The van der Waals surface area contributed by atoms with Crippen LogP contribution in [0.2, 0.25) is 0 Å². The molecule has 0 bridgehead atoms. The fourth-order valence-corrected chi connectivity index (χ4v) is 3.63. The molecule has 3 rings (SSSR count). The summed E-state index contributed by atoms with van der Waals surface area (Å²) >= 11 is 1.57. The second-order valence-electron chi connectivity index (χ2n) is 5.25. The summed E-state index contributed by atoms with van der Waals surface area (Å²) in [6.07, 6.45) is 0. The molecule has 0 unspecified atom stereocenters. The van der Waals surface area contributed by atoms with Gasteiger partial charge in [0.25, 0.3) is 0 Å². The molecule has 4 nitrogen and oxygen atoms in total. The number of benzene rings is 1. The number of rotatable bonds is 3. The Morgan fingerprint density at radius 2 is 2.09 bits per heavy atom. The Morgan fingerprint density at radius 3 is 2.77 bits per heavy atom. The Bertz CT molecular complexity index is 728. The molecule has 1 aliphatic heterocycles. The van der Waals surface area contributed by atoms with Gasteiger partial charge in [0.1, 0.15) is 11.7 Å². The fourth-order valence-electron chi connectivity index (χ4n) is 2.61. The van der Waals surface area contributed by atoms with Crippen molar-refractivity contribution in [3.05, 3.63) is 52.0 Å². The maximum atomic E-state index is 13.6. The van der Waals surface area contributed by atoms with Crippen LogP contribution in [0.1, 0.15) is 15.7 Å². The van der Waals surface area contributed by atoms with Gasteiger partial charge in [-0.2, -0.15) is 0 Å². The van der Waals surface area contributed by atoms with Crippen LogP contribution in [-0.2, 0) is 9.59 Å². The minimum atomic E-state index is -0.836. The van der Waals surface area contributed by atoms with Gasteiger partial charge in [0.15, 0.2) is 0 Å². The van der Waals surface area contributed by atoms with E-state index in [4.69, 9.17) is 0 Å². The molecule has 2 heterocycles. The van der Waals surface area contributed by atoms with Crippen LogP contribution in [0, 0.1) is 18.7 Å². The summed E-state index contributed by atoms with van der Waals surface area (Å²) in [5, 5.41) is 5.24. The maximum Gasteiger partial charge on any atom is 0.237 e. The van der Waals surface area contributed by atoms with Gasteiger partial charge < -0.3 is 10.6 Å². The summed E-state index contributed by atoms with van der Waals surface area (Å²) in [5.41, 5.74) is 0.0910. The minimum absolute atomic E-state index is 0.0910. The van der Waals surface area contributed by atoms with E-state index in [1.165, 1.54) is 12.1 Å². The lowest BCUT2D eigenvalue weighted by atomic mass is 9.93. The maximum absolute atomic E-state index is 13.6. The molecule has 0 radical (unpaired) electrons. The lowest BCUT2D eigenvalue weighted by molar-refractivity contribution is -0.130. The number of halogens is 1. The van der Waals surface area contributed by atoms with E-state index in [-0.39, 0.29) is 17.5 Å². The summed E-state index contributed by atoms with van der Waals surface area (Å²) in [7, 11) is 0. The van der Waals surface area contributed by atoms with Crippen molar-refractivity contribution in [2.75, 3.05) is 11.9 Å². The molecule has 2 atom stereocenters. The van der Waals surface area contributed by atoms with E-state index in [2.05, 4.69) is 10.6 Å². The number of hydrogen-bond acceptors (Lipinski definition) is 3. The first kappa shape index (κ1) is 14.7. The predicted octanol–water partition coefficient (Wildman–Crippen LogP) is 2.66. The summed E-state index contributed by atoms with van der Waals surface area (Å²) in [4.78, 5) is 26.6. The number of para-hydroxylation sites is 1. The number of aryl methyl sites for hydroxylation is 1. The molecule has 1 aromatic heterocycles. The smallest absolute Gasteiger partial charge is 0.237 e. The predicted molar refractivity (Wildman–Crippen MR) is 83.3 cm³/mol. The molecule has 114 valence electrons. The van der Waals surface area contributed by atoms with Crippen LogP contribution in [0.5, 0.6) is 0 Å². The standard InChI is InChI=1S/C16H15FN2O2S/c1-9-6-7-13(22-9)10-8-18-15(20)14(10)16(21)19-12-5-3-2-4-11(12)17/h2-7,10,14H,8H2,1H3,(H,18,20)(H,19,21)/t10-,14-/m1/s1. The van der Waals surface area contributed by atoms with Gasteiger partial charge in [-0.1, -0.05) is 12.1 Å². The Hall–Kier alpha value is -2.21. The number of hydrogen-bond donors (Lipinski definition) is 2. The van der Waals surface area contributed by atoms with Gasteiger partial charge in [-0.05, 0) is 31.2 Å². The molecule has 0 saturated carbocycles. The van der Waals surface area contributed by atoms with Crippen LogP contribution in [0.4, 0.5) is 10.1 Å². The first-order chi connectivity index (χ1) is 10.6. The first-order valence-electron chi connectivity index (χ1n) is 6.95. The van der Waals surface area contributed by atoms with Gasteiger partial charge >= 0.3 is 0 Å². The zero-order chi connectivity index (χ0) is 15.7. The molecule has 1 saturated heterocycles. The molecule has 1 aliphatic rings. The van der Waals surface area contributed by atoms with Crippen molar-refractivity contribution in [3.8, 4) is 0 Å². The van der Waals surface area contributed by atoms with Gasteiger partial charge in [0.2, 0.25) is 11.8 Å². The molecule has 6 heteroatoms. The van der Waals surface area contributed by atoms with Crippen molar-refractivity contribution in [3.63, 3.8) is 0 Å². The molecule has 0 spiro atoms. The molecule has 1 fully saturated rings. The highest BCUT2D eigenvalue weighted by Gasteiger charge is 2.41. The normalized spacial score (nSPS) is 20.7. The second kappa shape index (κ2) is 5.88. The van der Waals surface area contributed by atoms with Crippen molar-refractivity contribution in [2.45, 2.75) is 12.8 Å². The minimum Gasteiger partial charge on any atom is -0.355 e. The highest BCUT2D eigenvalue weighted by molar-refractivity contribution is 7.12. The molecule has 0 aliphatic carbocycles. The Balaban J connectivity index is 1.83. The molecular weight excluding hydrogens is 303 g/mol. The zero-order valence-corrected chi connectivity index (χ0v) is 12.7. The van der Waals surface area contributed by atoms with Crippen molar-refractivity contribution in [1.29, 1.82) is 0 Å². The summed E-state index contributed by atoms with van der Waals surface area (Å²) in [6.45, 7) is 2.40. The number of anilines is 1. The molecule has 22 heavy (non-hydrogen) atoms. The average Bonchev–Trinajstić information content (AvgIpc) is 3.07. The Labute approximate surface area is 131 Å². The largest absolute Gasteiger partial charge is 0.355 e. The summed E-state index contributed by atoms with van der Waals surface area (Å²) in [5.74, 6) is -2.35. The van der Waals surface area contributed by atoms with Gasteiger partial charge in [0.05, 0.1) is 5.69 Å². The molecule has 2 N–H and O–H groups in total. The monoisotopic (exact) mass is 318 g/mol. The topological polar surface area (TPSA) is 58.2 Å². The van der Waals surface area contributed by atoms with Gasteiger partial charge in [-0.3, -0.25) is 9.59 Å².